The third-order valence-electron chi connectivity index (χ3n) is 4.29. The third-order valence-corrected chi connectivity index (χ3v) is 5.45. The maximum Gasteiger partial charge on any atom is 0.328 e. The Morgan fingerprint density at radius 1 is 1.59 bits per heavy atom. The smallest absolute Gasteiger partial charge is 0.328 e. The Balaban J connectivity index is 2.10. The van der Waals surface area contributed by atoms with Gasteiger partial charge < -0.3 is 4.74 Å². The van der Waals surface area contributed by atoms with Crippen LogP contribution in [-0.2, 0) is 22.4 Å². The van der Waals surface area contributed by atoms with Gasteiger partial charge in [0, 0.05) is 4.88 Å². The fourth-order valence-corrected chi connectivity index (χ4v) is 4.34. The van der Waals surface area contributed by atoms with Crippen LogP contribution in [0, 0.1) is 5.92 Å². The molecule has 2 heterocycles. The van der Waals surface area contributed by atoms with Crippen LogP contribution in [0.3, 0.4) is 0 Å². The van der Waals surface area contributed by atoms with Crippen molar-refractivity contribution in [3.05, 3.63) is 27.1 Å². The number of hydrogen-bond acceptors (Lipinski definition) is 5. The fourth-order valence-electron chi connectivity index (χ4n) is 3.00. The maximum absolute atomic E-state index is 12.8. The van der Waals surface area contributed by atoms with Crippen molar-refractivity contribution in [1.29, 1.82) is 0 Å². The molecule has 0 amide bonds. The van der Waals surface area contributed by atoms with Crippen LogP contribution in [0.4, 0.5) is 0 Å². The Morgan fingerprint density at radius 3 is 3.09 bits per heavy atom. The van der Waals surface area contributed by atoms with Crippen molar-refractivity contribution in [3.63, 3.8) is 0 Å². The zero-order valence-corrected chi connectivity index (χ0v) is 13.9. The Hall–Kier alpha value is -1.69. The minimum atomic E-state index is -0.651. The lowest BCUT2D eigenvalue weighted by Crippen LogP contribution is -2.29. The first kappa shape index (κ1) is 15.2. The number of fused-ring (bicyclic) bond motifs is 3. The summed E-state index contributed by atoms with van der Waals surface area (Å²) in [5.74, 6) is 0.254. The van der Waals surface area contributed by atoms with Crippen molar-refractivity contribution in [2.75, 3.05) is 6.61 Å². The molecule has 1 aliphatic carbocycles. The van der Waals surface area contributed by atoms with E-state index in [9.17, 15) is 9.59 Å². The predicted molar refractivity (Wildman–Crippen MR) is 86.4 cm³/mol. The number of hydrogen-bond donors (Lipinski definition) is 0. The van der Waals surface area contributed by atoms with Crippen LogP contribution < -0.4 is 5.56 Å². The number of carbonyl (C=O) groups is 1. The molecule has 2 aromatic rings. The molecule has 0 N–H and O–H groups in total. The summed E-state index contributed by atoms with van der Waals surface area (Å²) in [6.45, 7) is 5.97. The highest BCUT2D eigenvalue weighted by Crippen LogP contribution is 2.35. The largest absolute Gasteiger partial charge is 0.464 e. The monoisotopic (exact) mass is 320 g/mol. The Morgan fingerprint density at radius 2 is 2.36 bits per heavy atom. The molecule has 2 atom stereocenters. The molecular formula is C16H20N2O3S. The number of ether oxygens (including phenoxy) is 1. The number of rotatable bonds is 3. The van der Waals surface area contributed by atoms with Crippen molar-refractivity contribution < 1.29 is 9.53 Å². The van der Waals surface area contributed by atoms with Gasteiger partial charge in [0.25, 0.3) is 5.56 Å². The molecule has 0 fully saturated rings. The zero-order valence-electron chi connectivity index (χ0n) is 13.1. The second-order valence-electron chi connectivity index (χ2n) is 5.92. The van der Waals surface area contributed by atoms with Crippen molar-refractivity contribution >= 4 is 27.5 Å². The normalized spacial score (nSPS) is 19.0. The molecule has 5 nitrogen and oxygen atoms in total. The van der Waals surface area contributed by atoms with Crippen molar-refractivity contribution in [2.45, 2.75) is 46.1 Å². The van der Waals surface area contributed by atoms with E-state index in [0.29, 0.717) is 17.9 Å². The lowest BCUT2D eigenvalue weighted by atomic mass is 9.89. The summed E-state index contributed by atoms with van der Waals surface area (Å²) in [6, 6.07) is -0.651. The molecule has 2 aromatic heterocycles. The van der Waals surface area contributed by atoms with Gasteiger partial charge in [0.05, 0.1) is 18.3 Å². The number of esters is 1. The summed E-state index contributed by atoms with van der Waals surface area (Å²) in [6.07, 6.45) is 4.51. The van der Waals surface area contributed by atoms with E-state index in [1.807, 2.05) is 0 Å². The van der Waals surface area contributed by atoms with E-state index >= 15 is 0 Å². The molecule has 0 unspecified atom stereocenters. The summed E-state index contributed by atoms with van der Waals surface area (Å²) >= 11 is 1.62. The molecule has 0 aliphatic heterocycles. The Kier molecular flexibility index (Phi) is 4.04. The van der Waals surface area contributed by atoms with Crippen LogP contribution in [0.1, 0.15) is 43.7 Å². The summed E-state index contributed by atoms with van der Waals surface area (Å²) in [5.41, 5.74) is 1.01. The predicted octanol–water partition coefficient (Wildman–Crippen LogP) is 2.71. The lowest BCUT2D eigenvalue weighted by Gasteiger charge is -2.18. The van der Waals surface area contributed by atoms with Crippen molar-refractivity contribution in [3.8, 4) is 0 Å². The lowest BCUT2D eigenvalue weighted by molar-refractivity contribution is -0.146. The summed E-state index contributed by atoms with van der Waals surface area (Å²) in [7, 11) is 0. The summed E-state index contributed by atoms with van der Waals surface area (Å²) in [4.78, 5) is 31.2. The SMILES string of the molecule is CCOC(=O)[C@@H](C)n1cnc2sc3c(c2c1=O)CC[C@@H](C)C3. The molecule has 118 valence electrons. The molecule has 6 heteroatoms. The van der Waals surface area contributed by atoms with Crippen LogP contribution in [0.2, 0.25) is 0 Å². The molecule has 0 aromatic carbocycles. The average molecular weight is 320 g/mol. The van der Waals surface area contributed by atoms with Gasteiger partial charge in [0.1, 0.15) is 10.9 Å². The van der Waals surface area contributed by atoms with Gasteiger partial charge in [-0.15, -0.1) is 11.3 Å². The van der Waals surface area contributed by atoms with Gasteiger partial charge in [-0.25, -0.2) is 9.78 Å². The van der Waals surface area contributed by atoms with Crippen LogP contribution in [0.15, 0.2) is 11.1 Å². The Labute approximate surface area is 132 Å². The molecule has 22 heavy (non-hydrogen) atoms. The molecule has 0 saturated carbocycles. The molecule has 1 aliphatic rings. The van der Waals surface area contributed by atoms with E-state index in [4.69, 9.17) is 4.74 Å². The summed E-state index contributed by atoms with van der Waals surface area (Å²) < 4.78 is 6.40. The minimum Gasteiger partial charge on any atom is -0.464 e. The quantitative estimate of drug-likeness (QED) is 0.816. The number of nitrogens with zero attached hydrogens (tertiary/aromatic N) is 2. The topological polar surface area (TPSA) is 61.2 Å². The Bertz CT molecular complexity index is 778. The van der Waals surface area contributed by atoms with Gasteiger partial charge in [-0.2, -0.15) is 0 Å². The van der Waals surface area contributed by atoms with E-state index in [-0.39, 0.29) is 5.56 Å². The maximum atomic E-state index is 12.8. The molecule has 0 bridgehead atoms. The molecule has 3 rings (SSSR count). The zero-order chi connectivity index (χ0) is 15.9. The van der Waals surface area contributed by atoms with Gasteiger partial charge in [0.15, 0.2) is 0 Å². The van der Waals surface area contributed by atoms with Gasteiger partial charge in [0.2, 0.25) is 0 Å². The van der Waals surface area contributed by atoms with Crippen LogP contribution in [0.5, 0.6) is 0 Å². The number of thiophene rings is 1. The highest BCUT2D eigenvalue weighted by molar-refractivity contribution is 7.18. The van der Waals surface area contributed by atoms with E-state index < -0.39 is 12.0 Å². The molecular weight excluding hydrogens is 300 g/mol. The molecule has 0 radical (unpaired) electrons. The highest BCUT2D eigenvalue weighted by Gasteiger charge is 2.25. The summed E-state index contributed by atoms with van der Waals surface area (Å²) in [5, 5.41) is 0.700. The second-order valence-corrected chi connectivity index (χ2v) is 7.00. The van der Waals surface area contributed by atoms with E-state index in [1.54, 1.807) is 25.2 Å². The van der Waals surface area contributed by atoms with Crippen LogP contribution >= 0.6 is 11.3 Å². The molecule has 0 saturated heterocycles. The number of aromatic nitrogens is 2. The van der Waals surface area contributed by atoms with Crippen molar-refractivity contribution in [1.82, 2.24) is 9.55 Å². The minimum absolute atomic E-state index is 0.127. The van der Waals surface area contributed by atoms with Gasteiger partial charge in [-0.05, 0) is 44.6 Å². The van der Waals surface area contributed by atoms with Crippen LogP contribution in [-0.4, -0.2) is 22.1 Å². The molecule has 0 spiro atoms. The van der Waals surface area contributed by atoms with Gasteiger partial charge >= 0.3 is 5.97 Å². The first-order valence-electron chi connectivity index (χ1n) is 7.71. The standard InChI is InChI=1S/C16H20N2O3S/c1-4-21-16(20)10(3)18-8-17-14-13(15(18)19)11-6-5-9(2)7-12(11)22-14/h8-10H,4-7H2,1-3H3/t9-,10-/m1/s1. The average Bonchev–Trinajstić information content (AvgIpc) is 2.85. The highest BCUT2D eigenvalue weighted by atomic mass is 32.1. The number of carbonyl (C=O) groups excluding carboxylic acids is 1. The first-order valence-corrected chi connectivity index (χ1v) is 8.52. The van der Waals surface area contributed by atoms with Crippen molar-refractivity contribution in [2.24, 2.45) is 5.92 Å². The first-order chi connectivity index (χ1) is 10.5. The number of aryl methyl sites for hydroxylation is 1. The van der Waals surface area contributed by atoms with E-state index in [2.05, 4.69) is 11.9 Å². The van der Waals surface area contributed by atoms with Gasteiger partial charge in [-0.3, -0.25) is 9.36 Å². The van der Waals surface area contributed by atoms with Crippen LogP contribution in [0.25, 0.3) is 10.2 Å². The second kappa shape index (κ2) is 5.83. The van der Waals surface area contributed by atoms with Gasteiger partial charge in [-0.1, -0.05) is 6.92 Å². The third kappa shape index (κ3) is 2.45. The van der Waals surface area contributed by atoms with E-state index in [0.717, 1.165) is 29.7 Å². The van der Waals surface area contributed by atoms with E-state index in [1.165, 1.54) is 15.8 Å². The fraction of sp³-hybridized carbons (Fsp3) is 0.562.